The summed E-state index contributed by atoms with van der Waals surface area (Å²) in [5.74, 6) is -0.209. The van der Waals surface area contributed by atoms with E-state index >= 15 is 0 Å². The Hall–Kier alpha value is -1.40. The molecule has 0 spiro atoms. The Balaban J connectivity index is 2.27. The SMILES string of the molecule is CS(=O)(=O)CCNC(=O)CCC(N)c1ccccc1. The first-order valence-electron chi connectivity index (χ1n) is 6.13. The highest BCUT2D eigenvalue weighted by molar-refractivity contribution is 7.90. The van der Waals surface area contributed by atoms with E-state index in [2.05, 4.69) is 5.32 Å². The molecule has 0 bridgehead atoms. The van der Waals surface area contributed by atoms with Gasteiger partial charge in [-0.05, 0) is 12.0 Å². The summed E-state index contributed by atoms with van der Waals surface area (Å²) in [4.78, 5) is 11.5. The third-order valence-corrected chi connectivity index (χ3v) is 3.65. The summed E-state index contributed by atoms with van der Waals surface area (Å²) in [7, 11) is -3.03. The summed E-state index contributed by atoms with van der Waals surface area (Å²) in [6.07, 6.45) is 1.97. The van der Waals surface area contributed by atoms with Gasteiger partial charge in [0.15, 0.2) is 0 Å². The second-order valence-electron chi connectivity index (χ2n) is 4.54. The molecule has 0 aromatic heterocycles. The molecule has 0 radical (unpaired) electrons. The summed E-state index contributed by atoms with van der Waals surface area (Å²) in [6, 6.07) is 9.39. The van der Waals surface area contributed by atoms with E-state index in [9.17, 15) is 13.2 Å². The normalized spacial score (nSPS) is 12.9. The molecule has 0 saturated carbocycles. The summed E-state index contributed by atoms with van der Waals surface area (Å²) < 4.78 is 21.8. The van der Waals surface area contributed by atoms with Gasteiger partial charge in [0.2, 0.25) is 5.91 Å². The predicted molar refractivity (Wildman–Crippen MR) is 75.3 cm³/mol. The molecule has 1 aromatic rings. The number of rotatable bonds is 7. The minimum atomic E-state index is -3.03. The van der Waals surface area contributed by atoms with Crippen molar-refractivity contribution in [3.8, 4) is 0 Å². The van der Waals surface area contributed by atoms with Crippen LogP contribution in [0.1, 0.15) is 24.4 Å². The van der Waals surface area contributed by atoms with Gasteiger partial charge in [0.05, 0.1) is 5.75 Å². The largest absolute Gasteiger partial charge is 0.355 e. The lowest BCUT2D eigenvalue weighted by Gasteiger charge is -2.11. The maximum absolute atomic E-state index is 11.5. The Labute approximate surface area is 114 Å². The Bertz CT molecular complexity index is 500. The maximum atomic E-state index is 11.5. The molecule has 0 aliphatic rings. The number of amides is 1. The fourth-order valence-corrected chi connectivity index (χ4v) is 2.09. The highest BCUT2D eigenvalue weighted by Gasteiger charge is 2.09. The number of nitrogens with one attached hydrogen (secondary N) is 1. The molecular weight excluding hydrogens is 264 g/mol. The van der Waals surface area contributed by atoms with Crippen LogP contribution >= 0.6 is 0 Å². The summed E-state index contributed by atoms with van der Waals surface area (Å²) >= 11 is 0. The van der Waals surface area contributed by atoms with Gasteiger partial charge < -0.3 is 11.1 Å². The molecule has 19 heavy (non-hydrogen) atoms. The van der Waals surface area contributed by atoms with Crippen LogP contribution in [0.4, 0.5) is 0 Å². The third-order valence-electron chi connectivity index (χ3n) is 2.71. The number of benzene rings is 1. The van der Waals surface area contributed by atoms with Gasteiger partial charge in [-0.25, -0.2) is 8.42 Å². The maximum Gasteiger partial charge on any atom is 0.220 e. The van der Waals surface area contributed by atoms with Crippen molar-refractivity contribution in [2.45, 2.75) is 18.9 Å². The average molecular weight is 284 g/mol. The van der Waals surface area contributed by atoms with Gasteiger partial charge in [-0.15, -0.1) is 0 Å². The zero-order chi connectivity index (χ0) is 14.3. The van der Waals surface area contributed by atoms with Crippen LogP contribution in [0.15, 0.2) is 30.3 Å². The second-order valence-corrected chi connectivity index (χ2v) is 6.80. The number of nitrogens with two attached hydrogens (primary N) is 1. The first-order chi connectivity index (χ1) is 8.88. The van der Waals surface area contributed by atoms with E-state index in [1.165, 1.54) is 0 Å². The van der Waals surface area contributed by atoms with Gasteiger partial charge in [0.25, 0.3) is 0 Å². The standard InChI is InChI=1S/C13H20N2O3S/c1-19(17,18)10-9-15-13(16)8-7-12(14)11-5-3-2-4-6-11/h2-6,12H,7-10,14H2,1H3,(H,15,16). The van der Waals surface area contributed by atoms with E-state index < -0.39 is 9.84 Å². The van der Waals surface area contributed by atoms with Crippen LogP contribution in [0.5, 0.6) is 0 Å². The summed E-state index contributed by atoms with van der Waals surface area (Å²) in [5, 5.41) is 2.57. The van der Waals surface area contributed by atoms with E-state index in [0.29, 0.717) is 12.8 Å². The monoisotopic (exact) mass is 284 g/mol. The van der Waals surface area contributed by atoms with E-state index in [1.54, 1.807) is 0 Å². The zero-order valence-electron chi connectivity index (χ0n) is 11.0. The Morgan fingerprint density at radius 2 is 1.95 bits per heavy atom. The molecule has 5 nitrogen and oxygen atoms in total. The van der Waals surface area contributed by atoms with Crippen molar-refractivity contribution in [2.24, 2.45) is 5.73 Å². The fourth-order valence-electron chi connectivity index (χ4n) is 1.62. The highest BCUT2D eigenvalue weighted by atomic mass is 32.2. The lowest BCUT2D eigenvalue weighted by molar-refractivity contribution is -0.121. The predicted octanol–water partition coefficient (Wildman–Crippen LogP) is 0.627. The van der Waals surface area contributed by atoms with Crippen LogP contribution in [0, 0.1) is 0 Å². The van der Waals surface area contributed by atoms with E-state index in [-0.39, 0.29) is 24.2 Å². The number of carbonyl (C=O) groups excluding carboxylic acids is 1. The minimum Gasteiger partial charge on any atom is -0.355 e. The summed E-state index contributed by atoms with van der Waals surface area (Å²) in [6.45, 7) is 0.151. The van der Waals surface area contributed by atoms with Gasteiger partial charge in [-0.1, -0.05) is 30.3 Å². The third kappa shape index (κ3) is 6.93. The van der Waals surface area contributed by atoms with Crippen LogP contribution in [0.2, 0.25) is 0 Å². The molecule has 1 amide bonds. The molecule has 0 heterocycles. The molecule has 1 rings (SSSR count). The molecule has 106 valence electrons. The van der Waals surface area contributed by atoms with E-state index in [4.69, 9.17) is 5.73 Å². The van der Waals surface area contributed by atoms with Crippen molar-refractivity contribution in [3.05, 3.63) is 35.9 Å². The molecule has 0 aliphatic heterocycles. The van der Waals surface area contributed by atoms with Crippen LogP contribution in [0.25, 0.3) is 0 Å². The van der Waals surface area contributed by atoms with Crippen LogP contribution in [0.3, 0.4) is 0 Å². The Morgan fingerprint density at radius 3 is 2.53 bits per heavy atom. The average Bonchev–Trinajstić information content (AvgIpc) is 2.35. The van der Waals surface area contributed by atoms with Crippen molar-refractivity contribution in [3.63, 3.8) is 0 Å². The molecule has 0 aliphatic carbocycles. The molecule has 1 aromatic carbocycles. The van der Waals surface area contributed by atoms with Crippen molar-refractivity contribution in [1.29, 1.82) is 0 Å². The van der Waals surface area contributed by atoms with Gasteiger partial charge in [0, 0.05) is 25.3 Å². The Kier molecular flexibility index (Phi) is 5.98. The van der Waals surface area contributed by atoms with Crippen molar-refractivity contribution >= 4 is 15.7 Å². The topological polar surface area (TPSA) is 89.3 Å². The fraction of sp³-hybridized carbons (Fsp3) is 0.462. The molecule has 1 atom stereocenters. The summed E-state index contributed by atoms with van der Waals surface area (Å²) in [5.41, 5.74) is 6.96. The smallest absolute Gasteiger partial charge is 0.220 e. The second kappa shape index (κ2) is 7.25. The van der Waals surface area contributed by atoms with Crippen molar-refractivity contribution in [2.75, 3.05) is 18.6 Å². The zero-order valence-corrected chi connectivity index (χ0v) is 11.8. The molecule has 6 heteroatoms. The van der Waals surface area contributed by atoms with Crippen LogP contribution in [-0.2, 0) is 14.6 Å². The molecular formula is C13H20N2O3S. The number of hydrogen-bond donors (Lipinski definition) is 2. The lowest BCUT2D eigenvalue weighted by Crippen LogP contribution is -2.29. The first-order valence-corrected chi connectivity index (χ1v) is 8.19. The Morgan fingerprint density at radius 1 is 1.32 bits per heavy atom. The molecule has 3 N–H and O–H groups in total. The first kappa shape index (κ1) is 15.7. The van der Waals surface area contributed by atoms with Crippen molar-refractivity contribution < 1.29 is 13.2 Å². The quantitative estimate of drug-likeness (QED) is 0.768. The van der Waals surface area contributed by atoms with E-state index in [0.717, 1.165) is 11.8 Å². The lowest BCUT2D eigenvalue weighted by atomic mass is 10.0. The minimum absolute atomic E-state index is 0.0382. The van der Waals surface area contributed by atoms with Gasteiger partial charge in [0.1, 0.15) is 9.84 Å². The molecule has 0 saturated heterocycles. The van der Waals surface area contributed by atoms with Crippen molar-refractivity contribution in [1.82, 2.24) is 5.32 Å². The highest BCUT2D eigenvalue weighted by Crippen LogP contribution is 2.14. The van der Waals surface area contributed by atoms with E-state index in [1.807, 2.05) is 30.3 Å². The molecule has 1 unspecified atom stereocenters. The van der Waals surface area contributed by atoms with Gasteiger partial charge in [-0.2, -0.15) is 0 Å². The van der Waals surface area contributed by atoms with Gasteiger partial charge >= 0.3 is 0 Å². The number of carbonyl (C=O) groups is 1. The number of hydrogen-bond acceptors (Lipinski definition) is 4. The van der Waals surface area contributed by atoms with Gasteiger partial charge in [-0.3, -0.25) is 4.79 Å². The number of sulfone groups is 1. The molecule has 0 fully saturated rings. The van der Waals surface area contributed by atoms with Crippen LogP contribution in [-0.4, -0.2) is 32.9 Å². The van der Waals surface area contributed by atoms with Crippen LogP contribution < -0.4 is 11.1 Å².